The minimum atomic E-state index is -0.411. The minimum Gasteiger partial charge on any atom is -0.490 e. The van der Waals surface area contributed by atoms with Crippen LogP contribution < -0.4 is 24.3 Å². The van der Waals surface area contributed by atoms with Crippen LogP contribution in [0.2, 0.25) is 0 Å². The lowest BCUT2D eigenvalue weighted by molar-refractivity contribution is -0.149. The van der Waals surface area contributed by atoms with Crippen LogP contribution in [0.15, 0.2) is 66.7 Å². The molecule has 0 amide bonds. The van der Waals surface area contributed by atoms with Gasteiger partial charge in [-0.25, -0.2) is 0 Å². The van der Waals surface area contributed by atoms with E-state index < -0.39 is 6.10 Å². The van der Waals surface area contributed by atoms with Crippen molar-refractivity contribution in [1.82, 2.24) is 5.32 Å². The van der Waals surface area contributed by atoms with Gasteiger partial charge >= 0.3 is 11.9 Å². The topological polar surface area (TPSA) is 92.3 Å². The van der Waals surface area contributed by atoms with Crippen molar-refractivity contribution in [2.75, 3.05) is 20.4 Å². The van der Waals surface area contributed by atoms with E-state index in [0.29, 0.717) is 11.5 Å². The fourth-order valence-corrected chi connectivity index (χ4v) is 4.97. The number of fused-ring (bicyclic) bond motifs is 1. The first-order valence-electron chi connectivity index (χ1n) is 13.8. The zero-order valence-corrected chi connectivity index (χ0v) is 24.2. The third-order valence-corrected chi connectivity index (χ3v) is 6.91. The highest BCUT2D eigenvalue weighted by Gasteiger charge is 2.23. The van der Waals surface area contributed by atoms with Gasteiger partial charge in [-0.05, 0) is 84.1 Å². The van der Waals surface area contributed by atoms with E-state index in [-0.39, 0.29) is 31.4 Å². The Morgan fingerprint density at radius 3 is 2.00 bits per heavy atom. The van der Waals surface area contributed by atoms with Crippen molar-refractivity contribution >= 4 is 23.1 Å². The Labute approximate surface area is 241 Å². The van der Waals surface area contributed by atoms with Crippen molar-refractivity contribution in [3.05, 3.63) is 83.4 Å². The number of hydrogen-bond donors (Lipinski definition) is 1. The smallest absolute Gasteiger partial charge is 0.308 e. The van der Waals surface area contributed by atoms with Crippen molar-refractivity contribution < 1.29 is 33.3 Å². The lowest BCUT2D eigenvalue weighted by Crippen LogP contribution is -2.43. The quantitative estimate of drug-likeness (QED) is 0.164. The molecule has 0 fully saturated rings. The van der Waals surface area contributed by atoms with Gasteiger partial charge in [-0.2, -0.15) is 0 Å². The summed E-state index contributed by atoms with van der Waals surface area (Å²) in [5.74, 6) is 1.90. The van der Waals surface area contributed by atoms with Gasteiger partial charge in [0.15, 0.2) is 17.6 Å². The summed E-state index contributed by atoms with van der Waals surface area (Å²) in [4.78, 5) is 23.1. The SMILES string of the molecule is CCC(=C(c1ccc(OCC(OC(C)=O)C(CC)NC)cc1)c1ccc(OC(C)=O)cc1)c1ccc2c(c1)OCO2. The number of nitrogens with one attached hydrogen (secondary N) is 1. The van der Waals surface area contributed by atoms with Crippen LogP contribution in [-0.2, 0) is 14.3 Å². The Morgan fingerprint density at radius 1 is 0.829 bits per heavy atom. The molecule has 1 heterocycles. The average molecular weight is 560 g/mol. The van der Waals surface area contributed by atoms with Gasteiger partial charge in [-0.1, -0.05) is 44.2 Å². The molecule has 0 bridgehead atoms. The number of ether oxygens (including phenoxy) is 5. The fourth-order valence-electron chi connectivity index (χ4n) is 4.97. The zero-order chi connectivity index (χ0) is 29.4. The first-order chi connectivity index (χ1) is 19.8. The predicted molar refractivity (Wildman–Crippen MR) is 157 cm³/mol. The van der Waals surface area contributed by atoms with Crippen LogP contribution in [0.25, 0.3) is 11.1 Å². The van der Waals surface area contributed by atoms with Gasteiger partial charge in [-0.3, -0.25) is 9.59 Å². The molecule has 1 N–H and O–H groups in total. The van der Waals surface area contributed by atoms with Crippen LogP contribution in [0, 0.1) is 0 Å². The second-order valence-corrected chi connectivity index (χ2v) is 9.68. The second kappa shape index (κ2) is 13.9. The normalized spacial score (nSPS) is 14.1. The highest BCUT2D eigenvalue weighted by Crippen LogP contribution is 2.40. The Balaban J connectivity index is 1.69. The van der Waals surface area contributed by atoms with E-state index in [1.165, 1.54) is 13.8 Å². The molecule has 2 atom stereocenters. The monoisotopic (exact) mass is 559 g/mol. The van der Waals surface area contributed by atoms with E-state index >= 15 is 0 Å². The van der Waals surface area contributed by atoms with Crippen LogP contribution in [0.1, 0.15) is 57.2 Å². The van der Waals surface area contributed by atoms with Crippen LogP contribution in [-0.4, -0.2) is 44.5 Å². The summed E-state index contributed by atoms with van der Waals surface area (Å²) in [5, 5.41) is 3.19. The van der Waals surface area contributed by atoms with Crippen LogP contribution >= 0.6 is 0 Å². The molecular formula is C33H37NO7. The number of allylic oxidation sites excluding steroid dienone is 1. The van der Waals surface area contributed by atoms with Gasteiger partial charge in [0.25, 0.3) is 0 Å². The summed E-state index contributed by atoms with van der Waals surface area (Å²) in [5.41, 5.74) is 5.14. The van der Waals surface area contributed by atoms with Crippen molar-refractivity contribution in [3.8, 4) is 23.0 Å². The number of esters is 2. The number of hydrogen-bond acceptors (Lipinski definition) is 8. The number of rotatable bonds is 12. The summed E-state index contributed by atoms with van der Waals surface area (Å²) in [7, 11) is 1.84. The van der Waals surface area contributed by atoms with Crippen LogP contribution in [0.4, 0.5) is 0 Å². The molecule has 4 rings (SSSR count). The molecule has 0 saturated heterocycles. The molecule has 8 heteroatoms. The van der Waals surface area contributed by atoms with Crippen LogP contribution in [0.3, 0.4) is 0 Å². The largest absolute Gasteiger partial charge is 0.490 e. The van der Waals surface area contributed by atoms with Crippen molar-refractivity contribution in [3.63, 3.8) is 0 Å². The predicted octanol–water partition coefficient (Wildman–Crippen LogP) is 6.02. The maximum absolute atomic E-state index is 11.7. The van der Waals surface area contributed by atoms with Gasteiger partial charge in [0.05, 0.1) is 0 Å². The summed E-state index contributed by atoms with van der Waals surface area (Å²) < 4.78 is 28.0. The third kappa shape index (κ3) is 7.46. The van der Waals surface area contributed by atoms with Gasteiger partial charge in [0, 0.05) is 19.9 Å². The van der Waals surface area contributed by atoms with Gasteiger partial charge < -0.3 is 29.0 Å². The minimum absolute atomic E-state index is 0.0172. The Bertz CT molecular complexity index is 1380. The summed E-state index contributed by atoms with van der Waals surface area (Å²) >= 11 is 0. The molecule has 3 aromatic rings. The zero-order valence-electron chi connectivity index (χ0n) is 24.2. The van der Waals surface area contributed by atoms with Crippen LogP contribution in [0.5, 0.6) is 23.0 Å². The molecule has 3 aromatic carbocycles. The Morgan fingerprint density at radius 2 is 1.44 bits per heavy atom. The number of benzene rings is 3. The molecule has 1 aliphatic heterocycles. The number of carbonyl (C=O) groups is 2. The van der Waals surface area contributed by atoms with E-state index in [2.05, 4.69) is 12.2 Å². The van der Waals surface area contributed by atoms with E-state index in [0.717, 1.165) is 52.2 Å². The maximum Gasteiger partial charge on any atom is 0.308 e. The third-order valence-electron chi connectivity index (χ3n) is 6.91. The Kier molecular flexibility index (Phi) is 10.0. The fraction of sp³-hybridized carbons (Fsp3) is 0.333. The number of carbonyl (C=O) groups excluding carboxylic acids is 2. The number of likely N-dealkylation sites (N-methyl/N-ethyl adjacent to an activating group) is 1. The van der Waals surface area contributed by atoms with Crippen molar-refractivity contribution in [2.45, 2.75) is 52.7 Å². The highest BCUT2D eigenvalue weighted by molar-refractivity contribution is 5.99. The standard InChI is InChI=1S/C33H37NO7/c1-6-28(25-12-17-30-31(18-25)39-20-38-30)33(24-10-15-27(16-11-24)40-21(3)35)23-8-13-26(14-9-23)37-19-32(41-22(4)36)29(7-2)34-5/h8-18,29,32,34H,6-7,19-20H2,1-5H3. The van der Waals surface area contributed by atoms with Gasteiger partial charge in [0.2, 0.25) is 6.79 Å². The lowest BCUT2D eigenvalue weighted by atomic mass is 9.88. The van der Waals surface area contributed by atoms with E-state index in [1.807, 2.05) is 68.6 Å². The molecule has 1 aliphatic rings. The van der Waals surface area contributed by atoms with Crippen molar-refractivity contribution in [2.24, 2.45) is 0 Å². The molecule has 216 valence electrons. The maximum atomic E-state index is 11.7. The lowest BCUT2D eigenvalue weighted by Gasteiger charge is -2.25. The molecule has 0 saturated carbocycles. The van der Waals surface area contributed by atoms with Crippen molar-refractivity contribution in [1.29, 1.82) is 0 Å². The van der Waals surface area contributed by atoms with E-state index in [4.69, 9.17) is 23.7 Å². The first kappa shape index (κ1) is 29.7. The molecule has 0 aromatic heterocycles. The summed E-state index contributed by atoms with van der Waals surface area (Å²) in [6, 6.07) is 21.3. The molecule has 8 nitrogen and oxygen atoms in total. The van der Waals surface area contributed by atoms with Gasteiger partial charge in [0.1, 0.15) is 18.1 Å². The highest BCUT2D eigenvalue weighted by atomic mass is 16.7. The summed E-state index contributed by atoms with van der Waals surface area (Å²) in [6.45, 7) is 7.38. The summed E-state index contributed by atoms with van der Waals surface area (Å²) in [6.07, 6.45) is 1.14. The molecular weight excluding hydrogens is 522 g/mol. The second-order valence-electron chi connectivity index (χ2n) is 9.68. The van der Waals surface area contributed by atoms with Gasteiger partial charge in [-0.15, -0.1) is 0 Å². The molecule has 0 aliphatic carbocycles. The average Bonchev–Trinajstić information content (AvgIpc) is 3.44. The van der Waals surface area contributed by atoms with E-state index in [9.17, 15) is 9.59 Å². The molecule has 2 unspecified atom stereocenters. The van der Waals surface area contributed by atoms with E-state index in [1.54, 1.807) is 12.1 Å². The molecule has 0 spiro atoms. The Hall–Kier alpha value is -4.30. The first-order valence-corrected chi connectivity index (χ1v) is 13.8. The molecule has 0 radical (unpaired) electrons. The molecule has 41 heavy (non-hydrogen) atoms.